The maximum atomic E-state index is 14.1. The number of anilines is 2. The first-order chi connectivity index (χ1) is 25.5. The number of carbonyl (C=O) groups is 2. The molecule has 2 aromatic carbocycles. The number of likely N-dealkylation sites (tertiary alicyclic amines) is 1. The number of halogens is 3. The lowest BCUT2D eigenvalue weighted by atomic mass is 9.89. The van der Waals surface area contributed by atoms with Crippen LogP contribution in [0.25, 0.3) is 10.1 Å². The predicted octanol–water partition coefficient (Wildman–Crippen LogP) is 8.65. The molecule has 4 bridgehead atoms. The number of nitrogens with one attached hydrogen (secondary N) is 1. The summed E-state index contributed by atoms with van der Waals surface area (Å²) in [6.45, 7) is 13.2. The Kier molecular flexibility index (Phi) is 13.3. The van der Waals surface area contributed by atoms with Gasteiger partial charge >= 0.3 is 18.4 Å². The van der Waals surface area contributed by atoms with Crippen LogP contribution in [0.3, 0.4) is 0 Å². The third kappa shape index (κ3) is 11.9. The molecule has 1 aromatic heterocycles. The van der Waals surface area contributed by atoms with Gasteiger partial charge in [0.25, 0.3) is 0 Å². The van der Waals surface area contributed by atoms with Gasteiger partial charge in [0, 0.05) is 31.8 Å². The van der Waals surface area contributed by atoms with Crippen LogP contribution in [0.2, 0.25) is 0 Å². The van der Waals surface area contributed by atoms with Crippen molar-refractivity contribution in [1.82, 2.24) is 4.90 Å². The van der Waals surface area contributed by atoms with E-state index < -0.39 is 29.9 Å². The Balaban J connectivity index is 1.52. The van der Waals surface area contributed by atoms with Crippen molar-refractivity contribution in [3.8, 4) is 17.6 Å². The van der Waals surface area contributed by atoms with Crippen molar-refractivity contribution in [3.63, 3.8) is 0 Å². The highest BCUT2D eigenvalue weighted by molar-refractivity contribution is 7.20. The fourth-order valence-electron chi connectivity index (χ4n) is 6.26. The molecule has 0 radical (unpaired) electrons. The second-order valence-electron chi connectivity index (χ2n) is 15.3. The van der Waals surface area contributed by atoms with Crippen LogP contribution < -0.4 is 15.0 Å². The molecular formula is C40H50F3N3O7S. The standard InChI is InChI=1S/C40H50F3N3O7S/c1-38(2,3)52-36(47)45-18-15-32-27(26-45)16-19-49-20-21-50-22-23-51-29-11-7-10-28(24-29)46(37(48)53-39(4,5)6)17-9-14-34-31(25-40(41,42)43)30-12-8-13-33(44-32)35(30)54-34/h7-8,10-13,24,27,32,44H,15-23,25-26H2,1-6H3. The molecule has 3 heterocycles. The van der Waals surface area contributed by atoms with Crippen molar-refractivity contribution in [3.05, 3.63) is 52.9 Å². The van der Waals surface area contributed by atoms with Gasteiger partial charge in [0.1, 0.15) is 23.6 Å². The molecule has 1 fully saturated rings. The summed E-state index contributed by atoms with van der Waals surface area (Å²) in [6.07, 6.45) is -5.46. The zero-order valence-corrected chi connectivity index (χ0v) is 32.6. The Bertz CT molecular complexity index is 1820. The number of nitrogens with zero attached hydrogens (tertiary/aromatic N) is 2. The van der Waals surface area contributed by atoms with E-state index in [1.54, 1.807) is 62.1 Å². The van der Waals surface area contributed by atoms with Crippen molar-refractivity contribution < 1.29 is 46.4 Å². The van der Waals surface area contributed by atoms with E-state index in [9.17, 15) is 22.8 Å². The molecule has 2 aliphatic heterocycles. The number of alkyl halides is 3. The number of benzene rings is 2. The van der Waals surface area contributed by atoms with E-state index in [4.69, 9.17) is 23.7 Å². The Hall–Kier alpha value is -4.19. The van der Waals surface area contributed by atoms with Crippen molar-refractivity contribution >= 4 is 45.0 Å². The summed E-state index contributed by atoms with van der Waals surface area (Å²) in [5.41, 5.74) is -0.225. The average molecular weight is 774 g/mol. The van der Waals surface area contributed by atoms with E-state index in [1.807, 2.05) is 26.8 Å². The summed E-state index contributed by atoms with van der Waals surface area (Å²) in [7, 11) is 0. The van der Waals surface area contributed by atoms with E-state index in [0.29, 0.717) is 79.6 Å². The van der Waals surface area contributed by atoms with Crippen molar-refractivity contribution in [2.75, 3.05) is 62.9 Å². The summed E-state index contributed by atoms with van der Waals surface area (Å²) < 4.78 is 71.8. The molecule has 2 unspecified atom stereocenters. The van der Waals surface area contributed by atoms with Crippen LogP contribution in [-0.2, 0) is 25.4 Å². The summed E-state index contributed by atoms with van der Waals surface area (Å²) in [5, 5.41) is 4.09. The zero-order valence-electron chi connectivity index (χ0n) is 31.8. The first-order valence-electron chi connectivity index (χ1n) is 18.2. The maximum absolute atomic E-state index is 14.1. The molecule has 1 saturated heterocycles. The normalized spacial score (nSPS) is 19.5. The number of fused-ring (bicyclic) bond motifs is 4. The summed E-state index contributed by atoms with van der Waals surface area (Å²) >= 11 is 1.19. The largest absolute Gasteiger partial charge is 0.491 e. The monoisotopic (exact) mass is 773 g/mol. The third-order valence-corrected chi connectivity index (χ3v) is 9.80. The average Bonchev–Trinajstić information content (AvgIpc) is 3.41. The van der Waals surface area contributed by atoms with Gasteiger partial charge in [-0.1, -0.05) is 30.0 Å². The van der Waals surface area contributed by atoms with Crippen LogP contribution in [0, 0.1) is 17.8 Å². The van der Waals surface area contributed by atoms with Crippen LogP contribution in [0.5, 0.6) is 5.75 Å². The number of ether oxygens (including phenoxy) is 5. The maximum Gasteiger partial charge on any atom is 0.415 e. The molecule has 1 N–H and O–H groups in total. The third-order valence-electron chi connectivity index (χ3n) is 8.61. The highest BCUT2D eigenvalue weighted by Gasteiger charge is 2.35. The van der Waals surface area contributed by atoms with Gasteiger partial charge in [-0.25, -0.2) is 9.59 Å². The van der Waals surface area contributed by atoms with Crippen molar-refractivity contribution in [1.29, 1.82) is 0 Å². The second-order valence-corrected chi connectivity index (χ2v) is 16.4. The lowest BCUT2D eigenvalue weighted by Gasteiger charge is -2.40. The van der Waals surface area contributed by atoms with E-state index in [1.165, 1.54) is 16.2 Å². The fourth-order valence-corrected chi connectivity index (χ4v) is 7.43. The Labute approximate surface area is 319 Å². The summed E-state index contributed by atoms with van der Waals surface area (Å²) in [5.74, 6) is 6.40. The Morgan fingerprint density at radius 2 is 1.59 bits per heavy atom. The Morgan fingerprint density at radius 3 is 2.31 bits per heavy atom. The van der Waals surface area contributed by atoms with Gasteiger partial charge < -0.3 is 33.9 Å². The smallest absolute Gasteiger partial charge is 0.415 e. The van der Waals surface area contributed by atoms with Gasteiger partial charge in [-0.05, 0) is 89.5 Å². The number of hydrogen-bond donors (Lipinski definition) is 1. The minimum atomic E-state index is -4.48. The summed E-state index contributed by atoms with van der Waals surface area (Å²) in [4.78, 5) is 29.8. The first kappa shape index (κ1) is 41.0. The molecule has 0 spiro atoms. The number of rotatable bonds is 1. The number of thiophene rings is 1. The molecule has 14 heteroatoms. The number of amides is 2. The SMILES string of the molecule is CC(C)(C)OC(=O)N1CCC2Nc3cccc4c(CC(F)(F)F)c(sc34)C#CCN(C(=O)OC(C)(C)C)c3cccc(c3)OCCOCCOCCC2C1. The molecule has 5 rings (SSSR count). The van der Waals surface area contributed by atoms with Gasteiger partial charge in [0.15, 0.2) is 0 Å². The van der Waals surface area contributed by atoms with Crippen molar-refractivity contribution in [2.24, 2.45) is 5.92 Å². The van der Waals surface area contributed by atoms with Gasteiger partial charge in [-0.2, -0.15) is 13.2 Å². The second kappa shape index (κ2) is 17.5. The molecule has 0 aliphatic carbocycles. The lowest BCUT2D eigenvalue weighted by molar-refractivity contribution is -0.127. The van der Waals surface area contributed by atoms with Crippen LogP contribution in [-0.4, -0.2) is 93.2 Å². The predicted molar refractivity (Wildman–Crippen MR) is 204 cm³/mol. The molecule has 3 aromatic rings. The van der Waals surface area contributed by atoms with Crippen molar-refractivity contribution in [2.45, 2.75) is 84.2 Å². The topological polar surface area (TPSA) is 98.8 Å². The fraction of sp³-hybridized carbons (Fsp3) is 0.550. The minimum Gasteiger partial charge on any atom is -0.491 e. The quantitative estimate of drug-likeness (QED) is 0.246. The molecule has 2 atom stereocenters. The van der Waals surface area contributed by atoms with E-state index in [2.05, 4.69) is 17.2 Å². The molecule has 294 valence electrons. The molecule has 0 saturated carbocycles. The van der Waals surface area contributed by atoms with Gasteiger partial charge in [-0.3, -0.25) is 4.90 Å². The molecule has 2 aliphatic rings. The molecule has 2 amide bonds. The molecular weight excluding hydrogens is 724 g/mol. The number of hydrogen-bond acceptors (Lipinski definition) is 9. The van der Waals surface area contributed by atoms with Gasteiger partial charge in [0.2, 0.25) is 0 Å². The van der Waals surface area contributed by atoms with Crippen LogP contribution in [0.1, 0.15) is 64.8 Å². The van der Waals surface area contributed by atoms with Gasteiger partial charge in [0.05, 0.1) is 53.7 Å². The highest BCUT2D eigenvalue weighted by atomic mass is 32.1. The van der Waals surface area contributed by atoms with Crippen LogP contribution in [0.4, 0.5) is 34.1 Å². The van der Waals surface area contributed by atoms with E-state index in [0.717, 1.165) is 0 Å². The molecule has 10 nitrogen and oxygen atoms in total. The minimum absolute atomic E-state index is 0.0415. The van der Waals surface area contributed by atoms with Crippen LogP contribution >= 0.6 is 11.3 Å². The Morgan fingerprint density at radius 1 is 0.907 bits per heavy atom. The van der Waals surface area contributed by atoms with E-state index in [-0.39, 0.29) is 41.6 Å². The summed E-state index contributed by atoms with van der Waals surface area (Å²) in [6, 6.07) is 12.1. The van der Waals surface area contributed by atoms with Crippen LogP contribution in [0.15, 0.2) is 42.5 Å². The number of piperidine rings is 1. The number of carbonyl (C=O) groups excluding carboxylic acids is 2. The van der Waals surface area contributed by atoms with Gasteiger partial charge in [-0.15, -0.1) is 11.3 Å². The van der Waals surface area contributed by atoms with E-state index >= 15 is 0 Å². The lowest BCUT2D eigenvalue weighted by Crippen LogP contribution is -2.50. The molecule has 54 heavy (non-hydrogen) atoms. The first-order valence-corrected chi connectivity index (χ1v) is 19.0. The zero-order chi connectivity index (χ0) is 39.1. The highest BCUT2D eigenvalue weighted by Crippen LogP contribution is 2.40.